The number of phenols is 1. The van der Waals surface area contributed by atoms with Crippen LogP contribution >= 0.6 is 0 Å². The molecule has 1 fully saturated rings. The van der Waals surface area contributed by atoms with Gasteiger partial charge in [0.25, 0.3) is 0 Å². The summed E-state index contributed by atoms with van der Waals surface area (Å²) in [5.74, 6) is 1.04. The van der Waals surface area contributed by atoms with E-state index in [1.165, 1.54) is 31.5 Å². The largest absolute Gasteiger partial charge is 0.508 e. The minimum atomic E-state index is 0.175. The summed E-state index contributed by atoms with van der Waals surface area (Å²) in [7, 11) is 0. The predicted octanol–water partition coefficient (Wildman–Crippen LogP) is 3.47. The van der Waals surface area contributed by atoms with Crippen LogP contribution in [0.2, 0.25) is 0 Å². The van der Waals surface area contributed by atoms with Crippen LogP contribution in [-0.4, -0.2) is 35.7 Å². The van der Waals surface area contributed by atoms with E-state index < -0.39 is 0 Å². The Hall–Kier alpha value is -1.06. The highest BCUT2D eigenvalue weighted by molar-refractivity contribution is 5.37. The molecular weight excluding hydrogens is 260 g/mol. The van der Waals surface area contributed by atoms with Crippen molar-refractivity contribution in [2.75, 3.05) is 19.6 Å². The molecule has 2 rings (SSSR count). The van der Waals surface area contributed by atoms with Gasteiger partial charge in [0.05, 0.1) is 0 Å². The van der Waals surface area contributed by atoms with E-state index in [2.05, 4.69) is 44.0 Å². The lowest BCUT2D eigenvalue weighted by Crippen LogP contribution is -2.44. The zero-order chi connectivity index (χ0) is 15.4. The molecule has 1 aliphatic heterocycles. The Bertz CT molecular complexity index is 453. The Morgan fingerprint density at radius 2 is 1.86 bits per heavy atom. The van der Waals surface area contributed by atoms with Crippen LogP contribution in [0.4, 0.5) is 0 Å². The molecule has 2 unspecified atom stereocenters. The van der Waals surface area contributed by atoms with Gasteiger partial charge in [-0.2, -0.15) is 0 Å². The second-order valence-electron chi connectivity index (χ2n) is 6.75. The first kappa shape index (κ1) is 16.3. The van der Waals surface area contributed by atoms with E-state index in [0.717, 1.165) is 12.1 Å². The summed E-state index contributed by atoms with van der Waals surface area (Å²) < 4.78 is 0. The average Bonchev–Trinajstić information content (AvgIpc) is 2.95. The Morgan fingerprint density at radius 1 is 1.19 bits per heavy atom. The van der Waals surface area contributed by atoms with E-state index in [1.807, 2.05) is 6.07 Å². The number of nitrogens with one attached hydrogen (secondary N) is 1. The van der Waals surface area contributed by atoms with Gasteiger partial charge < -0.3 is 10.4 Å². The number of aryl methyl sites for hydroxylation is 1. The van der Waals surface area contributed by atoms with Gasteiger partial charge in [0.2, 0.25) is 0 Å². The van der Waals surface area contributed by atoms with E-state index in [4.69, 9.17) is 0 Å². The molecule has 2 N–H and O–H groups in total. The molecule has 1 aliphatic rings. The molecule has 1 aromatic carbocycles. The summed E-state index contributed by atoms with van der Waals surface area (Å²) in [6.45, 7) is 12.3. The summed E-state index contributed by atoms with van der Waals surface area (Å²) in [5, 5.41) is 13.7. The van der Waals surface area contributed by atoms with Crippen LogP contribution in [0, 0.1) is 12.8 Å². The van der Waals surface area contributed by atoms with Gasteiger partial charge in [-0.05, 0) is 51.8 Å². The monoisotopic (exact) mass is 290 g/mol. The summed E-state index contributed by atoms with van der Waals surface area (Å²) in [4.78, 5) is 2.61. The van der Waals surface area contributed by atoms with E-state index in [0.29, 0.717) is 17.7 Å². The highest BCUT2D eigenvalue weighted by Gasteiger charge is 2.25. The van der Waals surface area contributed by atoms with Crippen molar-refractivity contribution in [2.24, 2.45) is 5.92 Å². The predicted molar refractivity (Wildman–Crippen MR) is 88.7 cm³/mol. The number of rotatable bonds is 6. The number of phenolic OH excluding ortho intramolecular Hbond substituents is 1. The lowest BCUT2D eigenvalue weighted by molar-refractivity contribution is 0.182. The third-order valence-electron chi connectivity index (χ3n) is 4.66. The van der Waals surface area contributed by atoms with Gasteiger partial charge in [0.1, 0.15) is 5.75 Å². The number of benzene rings is 1. The van der Waals surface area contributed by atoms with Crippen molar-refractivity contribution in [1.82, 2.24) is 10.2 Å². The molecule has 0 spiro atoms. The molecule has 1 heterocycles. The van der Waals surface area contributed by atoms with Crippen molar-refractivity contribution < 1.29 is 5.11 Å². The Morgan fingerprint density at radius 3 is 2.48 bits per heavy atom. The number of aromatic hydroxyl groups is 1. The molecule has 0 bridgehead atoms. The number of hydrogen-bond acceptors (Lipinski definition) is 3. The molecular formula is C18H30N2O. The first-order chi connectivity index (χ1) is 9.99. The maximum absolute atomic E-state index is 10.0. The Labute approximate surface area is 129 Å². The van der Waals surface area contributed by atoms with Crippen LogP contribution in [0.3, 0.4) is 0 Å². The zero-order valence-electron chi connectivity index (χ0n) is 13.9. The Kier molecular flexibility index (Phi) is 5.65. The number of likely N-dealkylation sites (tertiary alicyclic amines) is 1. The van der Waals surface area contributed by atoms with Crippen molar-refractivity contribution >= 4 is 0 Å². The minimum Gasteiger partial charge on any atom is -0.508 e. The fourth-order valence-corrected chi connectivity index (χ4v) is 3.29. The van der Waals surface area contributed by atoms with Gasteiger partial charge in [-0.15, -0.1) is 0 Å². The SMILES string of the molecule is Cc1ccc(O)c(C(C)NCC(C(C)C)N2CCCC2)c1. The molecule has 21 heavy (non-hydrogen) atoms. The van der Waals surface area contributed by atoms with Gasteiger partial charge >= 0.3 is 0 Å². The van der Waals surface area contributed by atoms with E-state index in [9.17, 15) is 5.11 Å². The minimum absolute atomic E-state index is 0.175. The van der Waals surface area contributed by atoms with Gasteiger partial charge in [0.15, 0.2) is 0 Å². The highest BCUT2D eigenvalue weighted by Crippen LogP contribution is 2.25. The maximum atomic E-state index is 10.0. The van der Waals surface area contributed by atoms with Gasteiger partial charge in [-0.1, -0.05) is 31.5 Å². The molecule has 118 valence electrons. The molecule has 0 radical (unpaired) electrons. The van der Waals surface area contributed by atoms with Crippen LogP contribution in [0.25, 0.3) is 0 Å². The van der Waals surface area contributed by atoms with Gasteiger partial charge in [-0.3, -0.25) is 4.90 Å². The van der Waals surface area contributed by atoms with Crippen LogP contribution in [0.15, 0.2) is 18.2 Å². The number of hydrogen-bond donors (Lipinski definition) is 2. The molecule has 0 amide bonds. The van der Waals surface area contributed by atoms with Crippen LogP contribution in [0.1, 0.15) is 50.8 Å². The first-order valence-electron chi connectivity index (χ1n) is 8.26. The molecule has 3 nitrogen and oxygen atoms in total. The summed E-state index contributed by atoms with van der Waals surface area (Å²) >= 11 is 0. The molecule has 0 aliphatic carbocycles. The lowest BCUT2D eigenvalue weighted by Gasteiger charge is -2.32. The summed E-state index contributed by atoms with van der Waals surface area (Å²) in [5.41, 5.74) is 2.19. The van der Waals surface area contributed by atoms with Gasteiger partial charge in [0, 0.05) is 24.2 Å². The molecule has 0 aromatic heterocycles. The van der Waals surface area contributed by atoms with E-state index in [1.54, 1.807) is 6.07 Å². The van der Waals surface area contributed by atoms with E-state index in [-0.39, 0.29) is 6.04 Å². The van der Waals surface area contributed by atoms with Crippen LogP contribution in [0.5, 0.6) is 5.75 Å². The second-order valence-corrected chi connectivity index (χ2v) is 6.75. The van der Waals surface area contributed by atoms with Crippen molar-refractivity contribution in [1.29, 1.82) is 0 Å². The third kappa shape index (κ3) is 4.21. The number of nitrogens with zero attached hydrogens (tertiary/aromatic N) is 1. The zero-order valence-corrected chi connectivity index (χ0v) is 13.9. The van der Waals surface area contributed by atoms with Crippen molar-refractivity contribution in [2.45, 2.75) is 52.6 Å². The molecule has 1 saturated heterocycles. The Balaban J connectivity index is 1.98. The first-order valence-corrected chi connectivity index (χ1v) is 8.26. The summed E-state index contributed by atoms with van der Waals surface area (Å²) in [6.07, 6.45) is 2.66. The van der Waals surface area contributed by atoms with Gasteiger partial charge in [-0.25, -0.2) is 0 Å². The summed E-state index contributed by atoms with van der Waals surface area (Å²) in [6, 6.07) is 6.58. The molecule has 0 saturated carbocycles. The maximum Gasteiger partial charge on any atom is 0.120 e. The quantitative estimate of drug-likeness (QED) is 0.842. The average molecular weight is 290 g/mol. The lowest BCUT2D eigenvalue weighted by atomic mass is 10.0. The van der Waals surface area contributed by atoms with E-state index >= 15 is 0 Å². The topological polar surface area (TPSA) is 35.5 Å². The van der Waals surface area contributed by atoms with Crippen molar-refractivity contribution in [3.05, 3.63) is 29.3 Å². The molecule has 2 atom stereocenters. The fourth-order valence-electron chi connectivity index (χ4n) is 3.29. The van der Waals surface area contributed by atoms with Crippen LogP contribution in [-0.2, 0) is 0 Å². The van der Waals surface area contributed by atoms with Crippen molar-refractivity contribution in [3.63, 3.8) is 0 Å². The smallest absolute Gasteiger partial charge is 0.120 e. The molecule has 3 heteroatoms. The highest BCUT2D eigenvalue weighted by atomic mass is 16.3. The standard InChI is InChI=1S/C18H30N2O/c1-13(2)17(20-9-5-6-10-20)12-19-15(4)16-11-14(3)7-8-18(16)21/h7-8,11,13,15,17,19,21H,5-6,9-10,12H2,1-4H3. The molecule has 1 aromatic rings. The fraction of sp³-hybridized carbons (Fsp3) is 0.667. The van der Waals surface area contributed by atoms with Crippen molar-refractivity contribution in [3.8, 4) is 5.75 Å². The normalized spacial score (nSPS) is 19.1. The van der Waals surface area contributed by atoms with Crippen LogP contribution < -0.4 is 5.32 Å². The second kappa shape index (κ2) is 7.28. The third-order valence-corrected chi connectivity index (χ3v) is 4.66.